The van der Waals surface area contributed by atoms with E-state index in [0.29, 0.717) is 30.9 Å². The third-order valence-corrected chi connectivity index (χ3v) is 7.53. The molecule has 0 fully saturated rings. The summed E-state index contributed by atoms with van der Waals surface area (Å²) in [6, 6.07) is 4.36. The van der Waals surface area contributed by atoms with Crippen LogP contribution < -0.4 is 25.2 Å². The molecule has 6 nitrogen and oxygen atoms in total. The van der Waals surface area contributed by atoms with E-state index in [0.717, 1.165) is 24.2 Å². The summed E-state index contributed by atoms with van der Waals surface area (Å²) in [6.07, 6.45) is 7.89. The fourth-order valence-electron chi connectivity index (χ4n) is 5.35. The Balaban J connectivity index is 1.81. The van der Waals surface area contributed by atoms with Crippen molar-refractivity contribution in [3.05, 3.63) is 79.8 Å². The number of nitrogens with zero attached hydrogens (tertiary/aromatic N) is 1. The van der Waals surface area contributed by atoms with E-state index < -0.39 is 22.6 Å². The van der Waals surface area contributed by atoms with Crippen LogP contribution in [0.3, 0.4) is 0 Å². The lowest BCUT2D eigenvalue weighted by Crippen LogP contribution is -2.36. The summed E-state index contributed by atoms with van der Waals surface area (Å²) in [5.41, 5.74) is 0.221. The number of methoxy groups -OCH3 is 2. The molecule has 9 heteroatoms. The van der Waals surface area contributed by atoms with Gasteiger partial charge in [0.15, 0.2) is 5.75 Å². The van der Waals surface area contributed by atoms with Crippen LogP contribution in [-0.2, 0) is 10.2 Å². The summed E-state index contributed by atoms with van der Waals surface area (Å²) < 4.78 is 54.1. The van der Waals surface area contributed by atoms with Crippen LogP contribution in [0.15, 0.2) is 57.8 Å². The number of anilines is 1. The summed E-state index contributed by atoms with van der Waals surface area (Å²) in [5, 5.41) is 0. The zero-order valence-corrected chi connectivity index (χ0v) is 21.9. The number of benzene rings is 1. The molecule has 1 aliphatic carbocycles. The molecule has 204 valence electrons. The van der Waals surface area contributed by atoms with E-state index in [9.17, 15) is 22.8 Å². The van der Waals surface area contributed by atoms with Crippen LogP contribution in [-0.4, -0.2) is 33.2 Å². The maximum atomic E-state index is 13.1. The van der Waals surface area contributed by atoms with Crippen molar-refractivity contribution in [1.82, 2.24) is 0 Å². The fraction of sp³-hybridized carbons (Fsp3) is 0.448. The normalized spacial score (nSPS) is 21.0. The highest BCUT2D eigenvalue weighted by molar-refractivity contribution is 5.78. The van der Waals surface area contributed by atoms with Gasteiger partial charge in [-0.1, -0.05) is 30.7 Å². The standard InChI is InChI=1S/C29H32F3NO5/c1-18(36-3)13-15-33-23-12-11-20(38-29(30,31)32)16-22(23)28(2,14-7-10-19-8-5-6-9-19)24(33)17-21-25(34)26(35)27(21)37-4/h5-6,8-9,11-12,16-19H,7,10,13-15H2,1-4H3. The summed E-state index contributed by atoms with van der Waals surface area (Å²) in [6.45, 7) is 4.39. The molecule has 2 unspecified atom stereocenters. The molecule has 0 amide bonds. The average Bonchev–Trinajstić information content (AvgIpc) is 3.46. The van der Waals surface area contributed by atoms with Gasteiger partial charge in [0.25, 0.3) is 5.43 Å². The van der Waals surface area contributed by atoms with Crippen LogP contribution in [0.5, 0.6) is 11.5 Å². The van der Waals surface area contributed by atoms with Crippen molar-refractivity contribution in [1.29, 1.82) is 0 Å². The molecule has 2 aromatic rings. The Bertz CT molecular complexity index is 1320. The molecule has 38 heavy (non-hydrogen) atoms. The van der Waals surface area contributed by atoms with Gasteiger partial charge in [0.05, 0.1) is 18.8 Å². The van der Waals surface area contributed by atoms with E-state index in [-0.39, 0.29) is 23.2 Å². The van der Waals surface area contributed by atoms with Crippen molar-refractivity contribution in [2.45, 2.75) is 57.4 Å². The Kier molecular flexibility index (Phi) is 7.88. The fourth-order valence-corrected chi connectivity index (χ4v) is 5.35. The maximum absolute atomic E-state index is 13.1. The number of rotatable bonds is 11. The minimum absolute atomic E-state index is 0.00617. The van der Waals surface area contributed by atoms with Crippen LogP contribution in [0.2, 0.25) is 0 Å². The minimum Gasteiger partial charge on any atom is -0.492 e. The monoisotopic (exact) mass is 531 g/mol. The Labute approximate surface area is 219 Å². The van der Waals surface area contributed by atoms with Crippen molar-refractivity contribution in [2.75, 3.05) is 25.7 Å². The van der Waals surface area contributed by atoms with Gasteiger partial charge in [0, 0.05) is 30.5 Å². The second-order valence-corrected chi connectivity index (χ2v) is 10.0. The molecule has 0 aromatic heterocycles. The molecule has 0 saturated carbocycles. The lowest BCUT2D eigenvalue weighted by Gasteiger charge is -2.31. The van der Waals surface area contributed by atoms with Gasteiger partial charge in [-0.2, -0.15) is 0 Å². The van der Waals surface area contributed by atoms with E-state index in [1.165, 1.54) is 19.2 Å². The van der Waals surface area contributed by atoms with Crippen molar-refractivity contribution in [2.24, 2.45) is 5.92 Å². The predicted molar refractivity (Wildman–Crippen MR) is 140 cm³/mol. The molecule has 0 spiro atoms. The van der Waals surface area contributed by atoms with Crippen LogP contribution in [0.25, 0.3) is 6.08 Å². The summed E-state index contributed by atoms with van der Waals surface area (Å²) in [7, 11) is 2.95. The van der Waals surface area contributed by atoms with E-state index in [2.05, 4.69) is 16.9 Å². The highest BCUT2D eigenvalue weighted by Crippen LogP contribution is 2.53. The molecule has 2 aliphatic rings. The molecule has 1 aliphatic heterocycles. The first-order chi connectivity index (χ1) is 18.0. The third-order valence-electron chi connectivity index (χ3n) is 7.53. The summed E-state index contributed by atoms with van der Waals surface area (Å²) in [5.74, 6) is -0.00489. The number of hydrogen-bond acceptors (Lipinski definition) is 6. The van der Waals surface area contributed by atoms with Gasteiger partial charge in [-0.25, -0.2) is 0 Å². The first kappa shape index (κ1) is 27.7. The highest BCUT2D eigenvalue weighted by Gasteiger charge is 2.45. The van der Waals surface area contributed by atoms with Gasteiger partial charge in [-0.3, -0.25) is 9.59 Å². The second-order valence-electron chi connectivity index (χ2n) is 10.0. The third kappa shape index (κ3) is 5.43. The Morgan fingerprint density at radius 3 is 2.47 bits per heavy atom. The molecule has 2 atom stereocenters. The maximum Gasteiger partial charge on any atom is 0.573 e. The summed E-state index contributed by atoms with van der Waals surface area (Å²) >= 11 is 0. The molecule has 1 heterocycles. The molecule has 4 rings (SSSR count). The molecule has 2 aromatic carbocycles. The van der Waals surface area contributed by atoms with E-state index in [1.807, 2.05) is 30.9 Å². The quantitative estimate of drug-likeness (QED) is 0.350. The minimum atomic E-state index is -4.83. The molecule has 0 saturated heterocycles. The van der Waals surface area contributed by atoms with Gasteiger partial charge < -0.3 is 19.1 Å². The number of halogens is 3. The topological polar surface area (TPSA) is 65.1 Å². The highest BCUT2D eigenvalue weighted by atomic mass is 19.4. The smallest absolute Gasteiger partial charge is 0.492 e. The van der Waals surface area contributed by atoms with Crippen molar-refractivity contribution in [3.63, 3.8) is 0 Å². The number of fused-ring (bicyclic) bond motifs is 1. The van der Waals surface area contributed by atoms with Crippen LogP contribution in [0, 0.1) is 5.92 Å². The largest absolute Gasteiger partial charge is 0.573 e. The van der Waals surface area contributed by atoms with E-state index in [4.69, 9.17) is 9.47 Å². The first-order valence-corrected chi connectivity index (χ1v) is 12.6. The van der Waals surface area contributed by atoms with Gasteiger partial charge in [0.2, 0.25) is 5.43 Å². The van der Waals surface area contributed by atoms with E-state index >= 15 is 0 Å². The molecular formula is C29H32F3NO5. The lowest BCUT2D eigenvalue weighted by atomic mass is 9.76. The van der Waals surface area contributed by atoms with Gasteiger partial charge in [-0.15, -0.1) is 13.2 Å². The van der Waals surface area contributed by atoms with E-state index in [1.54, 1.807) is 19.3 Å². The zero-order chi connectivity index (χ0) is 27.7. The van der Waals surface area contributed by atoms with Gasteiger partial charge in [0.1, 0.15) is 5.75 Å². The number of allylic oxidation sites excluding steroid dienone is 5. The molecule has 0 bridgehead atoms. The Morgan fingerprint density at radius 1 is 1.13 bits per heavy atom. The lowest BCUT2D eigenvalue weighted by molar-refractivity contribution is -0.274. The zero-order valence-electron chi connectivity index (χ0n) is 21.9. The van der Waals surface area contributed by atoms with Crippen LogP contribution in [0.1, 0.15) is 50.7 Å². The van der Waals surface area contributed by atoms with Crippen molar-refractivity contribution in [3.8, 4) is 11.5 Å². The first-order valence-electron chi connectivity index (χ1n) is 12.6. The van der Waals surface area contributed by atoms with Gasteiger partial charge >= 0.3 is 6.36 Å². The number of alkyl halides is 3. The van der Waals surface area contributed by atoms with Crippen molar-refractivity contribution < 1.29 is 27.4 Å². The van der Waals surface area contributed by atoms with Gasteiger partial charge in [-0.05, 0) is 68.9 Å². The number of hydrogen-bond donors (Lipinski definition) is 0. The summed E-state index contributed by atoms with van der Waals surface area (Å²) in [4.78, 5) is 26.6. The Hall–Kier alpha value is -3.33. The molecule has 0 radical (unpaired) electrons. The SMILES string of the molecule is COc1c(C=C2N(CCC(C)OC)c3ccc(OC(F)(F)F)cc3C2(C)CCCC2C=CC=C2)c(=O)c1=O. The number of ether oxygens (including phenoxy) is 3. The average molecular weight is 532 g/mol. The molecular weight excluding hydrogens is 499 g/mol. The van der Waals surface area contributed by atoms with Crippen LogP contribution >= 0.6 is 0 Å². The van der Waals surface area contributed by atoms with Crippen molar-refractivity contribution >= 4 is 11.8 Å². The van der Waals surface area contributed by atoms with Crippen LogP contribution in [0.4, 0.5) is 18.9 Å². The predicted octanol–water partition coefficient (Wildman–Crippen LogP) is 5.65. The molecule has 0 N–H and O–H groups in total. The second kappa shape index (κ2) is 10.8. The Morgan fingerprint density at radius 2 is 1.84 bits per heavy atom.